The van der Waals surface area contributed by atoms with Gasteiger partial charge in [0, 0.05) is 29.0 Å². The van der Waals surface area contributed by atoms with Gasteiger partial charge in [-0.15, -0.1) is 11.8 Å². The summed E-state index contributed by atoms with van der Waals surface area (Å²) in [4.78, 5) is 1.23. The molecule has 0 radical (unpaired) electrons. The van der Waals surface area contributed by atoms with Gasteiger partial charge in [-0.05, 0) is 55.3 Å². The molecule has 0 aromatic heterocycles. The van der Waals surface area contributed by atoms with E-state index in [-0.39, 0.29) is 12.6 Å². The van der Waals surface area contributed by atoms with Gasteiger partial charge in [-0.2, -0.15) is 0 Å². The maximum atomic E-state index is 8.80. The SMILES string of the molecule is COc1cccc(C(C)Nc2ccc(SCCCO)cc2)c1. The van der Waals surface area contributed by atoms with Crippen LogP contribution in [0.2, 0.25) is 0 Å². The van der Waals surface area contributed by atoms with E-state index in [9.17, 15) is 0 Å². The van der Waals surface area contributed by atoms with Crippen LogP contribution in [-0.2, 0) is 0 Å². The van der Waals surface area contributed by atoms with Gasteiger partial charge >= 0.3 is 0 Å². The smallest absolute Gasteiger partial charge is 0.119 e. The normalized spacial score (nSPS) is 12.0. The molecule has 118 valence electrons. The third-order valence-corrected chi connectivity index (χ3v) is 4.50. The summed E-state index contributed by atoms with van der Waals surface area (Å²) in [7, 11) is 1.68. The molecule has 0 fully saturated rings. The zero-order valence-electron chi connectivity index (χ0n) is 13.1. The number of ether oxygens (including phenoxy) is 1. The fourth-order valence-corrected chi connectivity index (χ4v) is 2.98. The Morgan fingerprint density at radius 3 is 2.64 bits per heavy atom. The molecule has 2 N–H and O–H groups in total. The first-order valence-electron chi connectivity index (χ1n) is 7.47. The second-order valence-corrected chi connectivity index (χ2v) is 6.26. The average molecular weight is 317 g/mol. The van der Waals surface area contributed by atoms with Crippen molar-refractivity contribution in [1.29, 1.82) is 0 Å². The molecule has 1 unspecified atom stereocenters. The van der Waals surface area contributed by atoms with Gasteiger partial charge in [0.25, 0.3) is 0 Å². The van der Waals surface area contributed by atoms with Crippen molar-refractivity contribution in [2.75, 3.05) is 24.8 Å². The second kappa shape index (κ2) is 8.71. The van der Waals surface area contributed by atoms with E-state index < -0.39 is 0 Å². The molecule has 0 saturated heterocycles. The van der Waals surface area contributed by atoms with E-state index in [1.807, 2.05) is 12.1 Å². The lowest BCUT2D eigenvalue weighted by Gasteiger charge is -2.16. The number of benzene rings is 2. The highest BCUT2D eigenvalue weighted by Gasteiger charge is 2.06. The molecule has 0 spiro atoms. The standard InChI is InChI=1S/C18H23NO2S/c1-14(15-5-3-6-17(13-15)21-2)19-16-7-9-18(10-8-16)22-12-4-11-20/h3,5-10,13-14,19-20H,4,11-12H2,1-2H3. The molecule has 0 saturated carbocycles. The van der Waals surface area contributed by atoms with E-state index in [1.54, 1.807) is 18.9 Å². The van der Waals surface area contributed by atoms with E-state index >= 15 is 0 Å². The Labute approximate surface area is 136 Å². The van der Waals surface area contributed by atoms with Gasteiger partial charge in [0.2, 0.25) is 0 Å². The third kappa shape index (κ3) is 4.97. The van der Waals surface area contributed by atoms with E-state index in [1.165, 1.54) is 10.5 Å². The Kier molecular flexibility index (Phi) is 6.62. The molecule has 2 aromatic carbocycles. The third-order valence-electron chi connectivity index (χ3n) is 3.40. The van der Waals surface area contributed by atoms with Crippen molar-refractivity contribution in [3.63, 3.8) is 0 Å². The van der Waals surface area contributed by atoms with Crippen molar-refractivity contribution in [1.82, 2.24) is 0 Å². The fraction of sp³-hybridized carbons (Fsp3) is 0.333. The number of nitrogens with one attached hydrogen (secondary N) is 1. The van der Waals surface area contributed by atoms with Crippen molar-refractivity contribution in [2.24, 2.45) is 0 Å². The predicted molar refractivity (Wildman–Crippen MR) is 93.9 cm³/mol. The molecule has 2 aromatic rings. The highest BCUT2D eigenvalue weighted by molar-refractivity contribution is 7.99. The molecule has 0 heterocycles. The van der Waals surface area contributed by atoms with Crippen LogP contribution < -0.4 is 10.1 Å². The van der Waals surface area contributed by atoms with Gasteiger partial charge in [-0.3, -0.25) is 0 Å². The van der Waals surface area contributed by atoms with Crippen LogP contribution >= 0.6 is 11.8 Å². The van der Waals surface area contributed by atoms with Crippen molar-refractivity contribution in [3.8, 4) is 5.75 Å². The monoisotopic (exact) mass is 317 g/mol. The number of aliphatic hydroxyl groups is 1. The molecule has 0 aliphatic carbocycles. The Hall–Kier alpha value is -1.65. The lowest BCUT2D eigenvalue weighted by molar-refractivity contribution is 0.296. The maximum absolute atomic E-state index is 8.80. The molecule has 0 amide bonds. The summed E-state index contributed by atoms with van der Waals surface area (Å²) >= 11 is 1.77. The number of methoxy groups -OCH3 is 1. The Bertz CT molecular complexity index is 572. The lowest BCUT2D eigenvalue weighted by Crippen LogP contribution is -2.06. The summed E-state index contributed by atoms with van der Waals surface area (Å²) in [5.74, 6) is 1.82. The molecule has 3 nitrogen and oxygen atoms in total. The number of thioether (sulfide) groups is 1. The lowest BCUT2D eigenvalue weighted by atomic mass is 10.1. The molecule has 0 bridgehead atoms. The van der Waals surface area contributed by atoms with Crippen LogP contribution in [0, 0.1) is 0 Å². The van der Waals surface area contributed by atoms with E-state index in [0.29, 0.717) is 0 Å². The molecular weight excluding hydrogens is 294 g/mol. The number of aliphatic hydroxyl groups excluding tert-OH is 1. The van der Waals surface area contributed by atoms with Gasteiger partial charge in [0.05, 0.1) is 7.11 Å². The molecular formula is C18H23NO2S. The summed E-state index contributed by atoms with van der Waals surface area (Å²) in [6.07, 6.45) is 0.831. The van der Waals surface area contributed by atoms with Crippen LogP contribution in [0.5, 0.6) is 5.75 Å². The zero-order chi connectivity index (χ0) is 15.8. The predicted octanol–water partition coefficient (Wildman–Crippen LogP) is 4.34. The summed E-state index contributed by atoms with van der Waals surface area (Å²) < 4.78 is 5.27. The summed E-state index contributed by atoms with van der Waals surface area (Å²) in [5, 5.41) is 12.3. The Morgan fingerprint density at radius 2 is 1.95 bits per heavy atom. The van der Waals surface area contributed by atoms with Crippen LogP contribution in [0.15, 0.2) is 53.4 Å². The van der Waals surface area contributed by atoms with Gasteiger partial charge in [-0.25, -0.2) is 0 Å². The Morgan fingerprint density at radius 1 is 1.18 bits per heavy atom. The largest absolute Gasteiger partial charge is 0.497 e. The summed E-state index contributed by atoms with van der Waals surface area (Å²) in [6.45, 7) is 2.39. The average Bonchev–Trinajstić information content (AvgIpc) is 2.56. The first kappa shape index (κ1) is 16.7. The first-order chi connectivity index (χ1) is 10.7. The summed E-state index contributed by atoms with van der Waals surface area (Å²) in [6, 6.07) is 16.7. The van der Waals surface area contributed by atoms with Crippen LogP contribution in [-0.4, -0.2) is 24.6 Å². The number of hydrogen-bond donors (Lipinski definition) is 2. The minimum Gasteiger partial charge on any atom is -0.497 e. The van der Waals surface area contributed by atoms with Crippen molar-refractivity contribution < 1.29 is 9.84 Å². The van der Waals surface area contributed by atoms with Crippen LogP contribution in [0.1, 0.15) is 24.9 Å². The van der Waals surface area contributed by atoms with Crippen molar-refractivity contribution in [2.45, 2.75) is 24.3 Å². The fourth-order valence-electron chi connectivity index (χ4n) is 2.15. The molecule has 1 atom stereocenters. The molecule has 22 heavy (non-hydrogen) atoms. The van der Waals surface area contributed by atoms with Crippen molar-refractivity contribution in [3.05, 3.63) is 54.1 Å². The quantitative estimate of drug-likeness (QED) is 0.561. The van der Waals surface area contributed by atoms with Gasteiger partial charge in [-0.1, -0.05) is 12.1 Å². The topological polar surface area (TPSA) is 41.5 Å². The first-order valence-corrected chi connectivity index (χ1v) is 8.45. The van der Waals surface area contributed by atoms with Crippen LogP contribution in [0.25, 0.3) is 0 Å². The number of hydrogen-bond acceptors (Lipinski definition) is 4. The van der Waals surface area contributed by atoms with Gasteiger partial charge in [0.15, 0.2) is 0 Å². The van der Waals surface area contributed by atoms with E-state index in [2.05, 4.69) is 48.6 Å². The second-order valence-electron chi connectivity index (χ2n) is 5.09. The number of anilines is 1. The van der Waals surface area contributed by atoms with E-state index in [0.717, 1.165) is 23.6 Å². The Balaban J connectivity index is 1.94. The molecule has 0 aliphatic heterocycles. The van der Waals surface area contributed by atoms with Crippen LogP contribution in [0.3, 0.4) is 0 Å². The highest BCUT2D eigenvalue weighted by Crippen LogP contribution is 2.25. The number of rotatable bonds is 8. The maximum Gasteiger partial charge on any atom is 0.119 e. The highest BCUT2D eigenvalue weighted by atomic mass is 32.2. The van der Waals surface area contributed by atoms with E-state index in [4.69, 9.17) is 9.84 Å². The van der Waals surface area contributed by atoms with Crippen LogP contribution in [0.4, 0.5) is 5.69 Å². The molecule has 4 heteroatoms. The van der Waals surface area contributed by atoms with Gasteiger partial charge in [0.1, 0.15) is 5.75 Å². The minimum atomic E-state index is 0.211. The minimum absolute atomic E-state index is 0.211. The molecule has 2 rings (SSSR count). The summed E-state index contributed by atoms with van der Waals surface area (Å²) in [5.41, 5.74) is 2.29. The molecule has 0 aliphatic rings. The zero-order valence-corrected chi connectivity index (χ0v) is 13.9. The van der Waals surface area contributed by atoms with Crippen molar-refractivity contribution >= 4 is 17.4 Å². The van der Waals surface area contributed by atoms with Gasteiger partial charge < -0.3 is 15.2 Å².